The van der Waals surface area contributed by atoms with Crippen molar-refractivity contribution in [3.63, 3.8) is 0 Å². The van der Waals surface area contributed by atoms with Gasteiger partial charge in [-0.15, -0.1) is 0 Å². The lowest BCUT2D eigenvalue weighted by Gasteiger charge is -2.26. The van der Waals surface area contributed by atoms with Crippen LogP contribution in [0.1, 0.15) is 0 Å². The Morgan fingerprint density at radius 2 is 0.710 bits per heavy atom. The Kier molecular flexibility index (Phi) is 8.53. The van der Waals surface area contributed by atoms with Gasteiger partial charge in [-0.25, -0.2) is 0 Å². The minimum absolute atomic E-state index is 0.888. The van der Waals surface area contributed by atoms with Gasteiger partial charge >= 0.3 is 0 Å². The Labute approximate surface area is 360 Å². The van der Waals surface area contributed by atoms with E-state index >= 15 is 0 Å². The summed E-state index contributed by atoms with van der Waals surface area (Å²) in [7, 11) is 0. The average molecular weight is 790 g/mol. The minimum atomic E-state index is 0.888. The first-order valence-electron chi connectivity index (χ1n) is 21.2. The summed E-state index contributed by atoms with van der Waals surface area (Å²) in [4.78, 5) is 2.38. The second-order valence-corrected chi connectivity index (χ2v) is 16.1. The molecule has 0 aliphatic carbocycles. The van der Waals surface area contributed by atoms with Crippen LogP contribution in [0.3, 0.4) is 0 Å². The summed E-state index contributed by atoms with van der Waals surface area (Å²) in [5.41, 5.74) is 12.2. The maximum Gasteiger partial charge on any atom is 0.143 e. The van der Waals surface area contributed by atoms with Crippen molar-refractivity contribution in [2.75, 3.05) is 4.90 Å². The number of rotatable bonds is 7. The summed E-state index contributed by atoms with van der Waals surface area (Å²) in [6, 6.07) is 85.4. The number of para-hydroxylation sites is 1. The largest absolute Gasteiger partial charge is 0.455 e. The molecular formula is C60H39NO. The highest BCUT2D eigenvalue weighted by molar-refractivity contribution is 6.10. The normalized spacial score (nSPS) is 11.5. The molecule has 0 aliphatic heterocycles. The van der Waals surface area contributed by atoms with Crippen LogP contribution in [0.15, 0.2) is 241 Å². The number of nitrogens with zero attached hydrogens (tertiary/aromatic N) is 1. The maximum atomic E-state index is 6.56. The third-order valence-corrected chi connectivity index (χ3v) is 12.4. The Balaban J connectivity index is 0.892. The number of benzene rings is 11. The zero-order chi connectivity index (χ0) is 41.0. The van der Waals surface area contributed by atoms with E-state index in [1.165, 1.54) is 54.2 Å². The first-order valence-corrected chi connectivity index (χ1v) is 21.2. The van der Waals surface area contributed by atoms with Gasteiger partial charge in [0.15, 0.2) is 0 Å². The fraction of sp³-hybridized carbons (Fsp3) is 0. The number of anilines is 3. The molecule has 0 aliphatic rings. The Bertz CT molecular complexity index is 3500. The third kappa shape index (κ3) is 6.20. The van der Waals surface area contributed by atoms with E-state index < -0.39 is 0 Å². The van der Waals surface area contributed by atoms with Crippen LogP contribution in [0.2, 0.25) is 0 Å². The van der Waals surface area contributed by atoms with Crippen LogP contribution in [0, 0.1) is 0 Å². The van der Waals surface area contributed by atoms with E-state index in [2.05, 4.69) is 229 Å². The first kappa shape index (κ1) is 35.7. The summed E-state index contributed by atoms with van der Waals surface area (Å²) in [6.07, 6.45) is 0. The minimum Gasteiger partial charge on any atom is -0.455 e. The van der Waals surface area contributed by atoms with Gasteiger partial charge in [-0.2, -0.15) is 0 Å². The van der Waals surface area contributed by atoms with Crippen LogP contribution in [0.5, 0.6) is 0 Å². The highest BCUT2D eigenvalue weighted by Crippen LogP contribution is 2.43. The predicted octanol–water partition coefficient (Wildman–Crippen LogP) is 17.2. The van der Waals surface area contributed by atoms with Gasteiger partial charge in [-0.05, 0) is 119 Å². The van der Waals surface area contributed by atoms with Crippen LogP contribution in [0.4, 0.5) is 17.1 Å². The standard InChI is InChI=1S/C60H39NO/c1-2-13-45(14-3-1)59-57-19-8-9-20-58(57)62-60(59)49-16-10-15-46(37-49)42-23-21-40(22-24-42)41-29-31-50(32-30-41)61(51-33-35-55-47(38-51)27-25-43-11-4-6-17-53(43)55)52-34-36-56-48(39-52)28-26-44-12-5-7-18-54(44)56/h1-39H. The molecule has 0 unspecified atom stereocenters. The van der Waals surface area contributed by atoms with Gasteiger partial charge in [-0.3, -0.25) is 0 Å². The van der Waals surface area contributed by atoms with Crippen LogP contribution >= 0.6 is 0 Å². The molecule has 0 N–H and O–H groups in total. The highest BCUT2D eigenvalue weighted by atomic mass is 16.3. The molecule has 0 atom stereocenters. The monoisotopic (exact) mass is 789 g/mol. The predicted molar refractivity (Wildman–Crippen MR) is 263 cm³/mol. The third-order valence-electron chi connectivity index (χ3n) is 12.4. The molecule has 0 spiro atoms. The lowest BCUT2D eigenvalue weighted by molar-refractivity contribution is 0.632. The molecule has 290 valence electrons. The van der Waals surface area contributed by atoms with Gasteiger partial charge in [0, 0.05) is 33.6 Å². The van der Waals surface area contributed by atoms with Gasteiger partial charge in [0.1, 0.15) is 11.3 Å². The summed E-state index contributed by atoms with van der Waals surface area (Å²) >= 11 is 0. The molecular weight excluding hydrogens is 751 g/mol. The number of hydrogen-bond donors (Lipinski definition) is 0. The second-order valence-electron chi connectivity index (χ2n) is 16.1. The summed E-state index contributed by atoms with van der Waals surface area (Å²) in [5, 5.41) is 11.1. The topological polar surface area (TPSA) is 16.4 Å². The van der Waals surface area contributed by atoms with Crippen molar-refractivity contribution in [1.82, 2.24) is 0 Å². The smallest absolute Gasteiger partial charge is 0.143 e. The molecule has 11 aromatic carbocycles. The quantitative estimate of drug-likeness (QED) is 0.150. The SMILES string of the molecule is c1ccc(-c2c(-c3cccc(-c4ccc(-c5ccc(N(c6ccc7c(ccc8ccccc87)c6)c6ccc7c(ccc8ccccc87)c6)cc5)cc4)c3)oc3ccccc23)cc1. The Morgan fingerprint density at radius 3 is 1.34 bits per heavy atom. The molecule has 62 heavy (non-hydrogen) atoms. The van der Waals surface area contributed by atoms with Gasteiger partial charge in [0.2, 0.25) is 0 Å². The van der Waals surface area contributed by atoms with Gasteiger partial charge < -0.3 is 9.32 Å². The molecule has 0 amide bonds. The lowest BCUT2D eigenvalue weighted by atomic mass is 9.95. The average Bonchev–Trinajstić information content (AvgIpc) is 3.74. The first-order chi connectivity index (χ1) is 30.7. The van der Waals surface area contributed by atoms with Crippen molar-refractivity contribution in [1.29, 1.82) is 0 Å². The van der Waals surface area contributed by atoms with E-state index in [1.54, 1.807) is 0 Å². The fourth-order valence-electron chi connectivity index (χ4n) is 9.36. The van der Waals surface area contributed by atoms with Crippen LogP contribution < -0.4 is 4.90 Å². The number of fused-ring (bicyclic) bond motifs is 7. The van der Waals surface area contributed by atoms with Gasteiger partial charge in [-0.1, -0.05) is 188 Å². The zero-order valence-corrected chi connectivity index (χ0v) is 33.9. The van der Waals surface area contributed by atoms with Crippen LogP contribution in [0.25, 0.3) is 98.8 Å². The summed E-state index contributed by atoms with van der Waals surface area (Å²) < 4.78 is 6.56. The second kappa shape index (κ2) is 14.8. The maximum absolute atomic E-state index is 6.56. The van der Waals surface area contributed by atoms with E-state index in [4.69, 9.17) is 4.42 Å². The molecule has 0 saturated heterocycles. The number of furan rings is 1. The molecule has 1 aromatic heterocycles. The van der Waals surface area contributed by atoms with Crippen molar-refractivity contribution in [2.24, 2.45) is 0 Å². The van der Waals surface area contributed by atoms with E-state index in [-0.39, 0.29) is 0 Å². The van der Waals surface area contributed by atoms with Gasteiger partial charge in [0.05, 0.1) is 0 Å². The molecule has 2 nitrogen and oxygen atoms in total. The highest BCUT2D eigenvalue weighted by Gasteiger charge is 2.19. The van der Waals surface area contributed by atoms with Crippen molar-refractivity contribution in [2.45, 2.75) is 0 Å². The summed E-state index contributed by atoms with van der Waals surface area (Å²) in [6.45, 7) is 0. The van der Waals surface area contributed by atoms with Crippen LogP contribution in [-0.2, 0) is 0 Å². The zero-order valence-electron chi connectivity index (χ0n) is 33.9. The molecule has 0 bridgehead atoms. The number of hydrogen-bond acceptors (Lipinski definition) is 2. The van der Waals surface area contributed by atoms with Crippen molar-refractivity contribution >= 4 is 71.1 Å². The van der Waals surface area contributed by atoms with E-state index in [0.29, 0.717) is 0 Å². The lowest BCUT2D eigenvalue weighted by Crippen LogP contribution is -2.10. The Morgan fingerprint density at radius 1 is 0.258 bits per heavy atom. The van der Waals surface area contributed by atoms with E-state index in [1.807, 2.05) is 12.1 Å². The molecule has 2 heteroatoms. The van der Waals surface area contributed by atoms with Crippen molar-refractivity contribution in [3.05, 3.63) is 237 Å². The molecule has 0 radical (unpaired) electrons. The van der Waals surface area contributed by atoms with E-state index in [0.717, 1.165) is 61.6 Å². The Hall–Kier alpha value is -8.20. The molecule has 0 fully saturated rings. The fourth-order valence-corrected chi connectivity index (χ4v) is 9.36. The van der Waals surface area contributed by atoms with Crippen molar-refractivity contribution in [3.8, 4) is 44.7 Å². The van der Waals surface area contributed by atoms with Crippen molar-refractivity contribution < 1.29 is 4.42 Å². The molecule has 12 aromatic rings. The molecule has 12 rings (SSSR count). The molecule has 0 saturated carbocycles. The summed E-state index contributed by atoms with van der Waals surface area (Å²) in [5.74, 6) is 0.888. The van der Waals surface area contributed by atoms with Crippen LogP contribution in [-0.4, -0.2) is 0 Å². The van der Waals surface area contributed by atoms with E-state index in [9.17, 15) is 0 Å². The van der Waals surface area contributed by atoms with Gasteiger partial charge in [0.25, 0.3) is 0 Å². The molecule has 1 heterocycles.